The molecule has 0 aliphatic rings. The Morgan fingerprint density at radius 2 is 2.05 bits per heavy atom. The van der Waals surface area contributed by atoms with Crippen molar-refractivity contribution in [3.05, 3.63) is 58.1 Å². The lowest BCUT2D eigenvalue weighted by atomic mass is 10.2. The second kappa shape index (κ2) is 5.36. The van der Waals surface area contributed by atoms with Crippen LogP contribution in [-0.4, -0.2) is 16.6 Å². The SMILES string of the molecule is CNc1cc(Cn2c(C(F)(F)F)cccc2=O)ccn1. The summed E-state index contributed by atoms with van der Waals surface area (Å²) in [5, 5.41) is 2.79. The highest BCUT2D eigenvalue weighted by atomic mass is 19.4. The molecule has 106 valence electrons. The van der Waals surface area contributed by atoms with Gasteiger partial charge >= 0.3 is 6.18 Å². The Hall–Kier alpha value is -2.31. The third kappa shape index (κ3) is 2.98. The first-order valence-corrected chi connectivity index (χ1v) is 5.81. The highest BCUT2D eigenvalue weighted by Crippen LogP contribution is 2.28. The normalized spacial score (nSPS) is 11.4. The second-order valence-electron chi connectivity index (χ2n) is 4.13. The molecule has 0 spiro atoms. The molecule has 0 saturated carbocycles. The third-order valence-electron chi connectivity index (χ3n) is 2.76. The van der Waals surface area contributed by atoms with E-state index in [1.54, 1.807) is 19.2 Å². The fraction of sp³-hybridized carbons (Fsp3) is 0.231. The number of anilines is 1. The fourth-order valence-electron chi connectivity index (χ4n) is 1.82. The zero-order valence-corrected chi connectivity index (χ0v) is 10.6. The van der Waals surface area contributed by atoms with E-state index in [1.807, 2.05) is 0 Å². The van der Waals surface area contributed by atoms with Crippen LogP contribution in [0.15, 0.2) is 41.3 Å². The van der Waals surface area contributed by atoms with Crippen molar-refractivity contribution < 1.29 is 13.2 Å². The predicted molar refractivity (Wildman–Crippen MR) is 68.6 cm³/mol. The van der Waals surface area contributed by atoms with E-state index in [-0.39, 0.29) is 6.54 Å². The summed E-state index contributed by atoms with van der Waals surface area (Å²) in [5.74, 6) is 0.528. The molecule has 2 rings (SSSR count). The third-order valence-corrected chi connectivity index (χ3v) is 2.76. The Morgan fingerprint density at radius 3 is 2.70 bits per heavy atom. The van der Waals surface area contributed by atoms with Gasteiger partial charge in [-0.3, -0.25) is 9.36 Å². The molecule has 0 radical (unpaired) electrons. The lowest BCUT2D eigenvalue weighted by Gasteiger charge is -2.15. The van der Waals surface area contributed by atoms with Crippen molar-refractivity contribution in [2.24, 2.45) is 0 Å². The molecular weight excluding hydrogens is 271 g/mol. The summed E-state index contributed by atoms with van der Waals surface area (Å²) in [6, 6.07) is 6.27. The zero-order valence-electron chi connectivity index (χ0n) is 10.6. The van der Waals surface area contributed by atoms with Crippen LogP contribution in [0.1, 0.15) is 11.3 Å². The molecule has 0 saturated heterocycles. The molecule has 2 aromatic heterocycles. The van der Waals surface area contributed by atoms with E-state index in [0.29, 0.717) is 15.9 Å². The van der Waals surface area contributed by atoms with Crippen LogP contribution >= 0.6 is 0 Å². The van der Waals surface area contributed by atoms with Gasteiger partial charge in [0.2, 0.25) is 0 Å². The lowest BCUT2D eigenvalue weighted by Crippen LogP contribution is -2.27. The number of nitrogens with one attached hydrogen (secondary N) is 1. The van der Waals surface area contributed by atoms with E-state index in [2.05, 4.69) is 10.3 Å². The van der Waals surface area contributed by atoms with Crippen LogP contribution in [-0.2, 0) is 12.7 Å². The number of alkyl halides is 3. The van der Waals surface area contributed by atoms with Gasteiger partial charge in [-0.05, 0) is 23.8 Å². The summed E-state index contributed by atoms with van der Waals surface area (Å²) in [5.41, 5.74) is -1.10. The smallest absolute Gasteiger partial charge is 0.373 e. The lowest BCUT2D eigenvalue weighted by molar-refractivity contribution is -0.144. The van der Waals surface area contributed by atoms with Crippen molar-refractivity contribution in [1.82, 2.24) is 9.55 Å². The molecule has 1 N–H and O–H groups in total. The van der Waals surface area contributed by atoms with E-state index in [9.17, 15) is 18.0 Å². The first-order chi connectivity index (χ1) is 9.41. The molecule has 0 bridgehead atoms. The van der Waals surface area contributed by atoms with E-state index >= 15 is 0 Å². The molecule has 0 aliphatic carbocycles. The van der Waals surface area contributed by atoms with Crippen LogP contribution in [0, 0.1) is 0 Å². The maximum atomic E-state index is 12.9. The largest absolute Gasteiger partial charge is 0.431 e. The average molecular weight is 283 g/mol. The molecule has 0 aliphatic heterocycles. The monoisotopic (exact) mass is 283 g/mol. The van der Waals surface area contributed by atoms with Crippen LogP contribution < -0.4 is 10.9 Å². The van der Waals surface area contributed by atoms with Gasteiger partial charge in [0.1, 0.15) is 11.5 Å². The average Bonchev–Trinajstić information content (AvgIpc) is 2.40. The Kier molecular flexibility index (Phi) is 3.78. The molecule has 0 fully saturated rings. The van der Waals surface area contributed by atoms with E-state index in [4.69, 9.17) is 0 Å². The Balaban J connectivity index is 2.45. The van der Waals surface area contributed by atoms with Crippen LogP contribution in [0.3, 0.4) is 0 Å². The second-order valence-corrected chi connectivity index (χ2v) is 4.13. The molecular formula is C13H12F3N3O. The van der Waals surface area contributed by atoms with Crippen molar-refractivity contribution in [3.8, 4) is 0 Å². The van der Waals surface area contributed by atoms with Crippen LogP contribution in [0.5, 0.6) is 0 Å². The van der Waals surface area contributed by atoms with Gasteiger partial charge in [-0.15, -0.1) is 0 Å². The Labute approximate surface area is 112 Å². The molecule has 2 heterocycles. The van der Waals surface area contributed by atoms with Crippen LogP contribution in [0.4, 0.5) is 19.0 Å². The first kappa shape index (κ1) is 14.1. The topological polar surface area (TPSA) is 46.9 Å². The Bertz CT molecular complexity index is 664. The van der Waals surface area contributed by atoms with Crippen LogP contribution in [0.25, 0.3) is 0 Å². The van der Waals surface area contributed by atoms with Crippen LogP contribution in [0.2, 0.25) is 0 Å². The molecule has 2 aromatic rings. The van der Waals surface area contributed by atoms with Gasteiger partial charge in [-0.2, -0.15) is 13.2 Å². The number of aromatic nitrogens is 2. The molecule has 0 atom stereocenters. The number of hydrogen-bond donors (Lipinski definition) is 1. The van der Waals surface area contributed by atoms with Gasteiger partial charge in [-0.25, -0.2) is 4.98 Å². The van der Waals surface area contributed by atoms with E-state index < -0.39 is 17.4 Å². The zero-order chi connectivity index (χ0) is 14.8. The summed E-state index contributed by atoms with van der Waals surface area (Å²) in [6.45, 7) is -0.161. The van der Waals surface area contributed by atoms with Gasteiger partial charge in [0, 0.05) is 19.3 Å². The maximum absolute atomic E-state index is 12.9. The molecule has 20 heavy (non-hydrogen) atoms. The minimum Gasteiger partial charge on any atom is -0.373 e. The standard InChI is InChI=1S/C13H12F3N3O/c1-17-11-7-9(5-6-18-11)8-19-10(13(14,15)16)3-2-4-12(19)20/h2-7H,8H2,1H3,(H,17,18). The van der Waals surface area contributed by atoms with Gasteiger partial charge in [0.05, 0.1) is 6.54 Å². The number of rotatable bonds is 3. The minimum absolute atomic E-state index is 0.161. The molecule has 0 unspecified atom stereocenters. The number of hydrogen-bond acceptors (Lipinski definition) is 3. The summed E-state index contributed by atoms with van der Waals surface area (Å²) in [6.07, 6.45) is -3.10. The van der Waals surface area contributed by atoms with Crippen molar-refractivity contribution in [2.75, 3.05) is 12.4 Å². The summed E-state index contributed by atoms with van der Waals surface area (Å²) < 4.78 is 39.4. The summed E-state index contributed by atoms with van der Waals surface area (Å²) >= 11 is 0. The summed E-state index contributed by atoms with van der Waals surface area (Å²) in [7, 11) is 1.65. The van der Waals surface area contributed by atoms with Gasteiger partial charge in [-0.1, -0.05) is 6.07 Å². The van der Waals surface area contributed by atoms with Gasteiger partial charge in [0.15, 0.2) is 0 Å². The highest BCUT2D eigenvalue weighted by Gasteiger charge is 2.34. The minimum atomic E-state index is -4.57. The number of halogens is 3. The van der Waals surface area contributed by atoms with Crippen molar-refractivity contribution >= 4 is 5.82 Å². The quantitative estimate of drug-likeness (QED) is 0.940. The fourth-order valence-corrected chi connectivity index (χ4v) is 1.82. The van der Waals surface area contributed by atoms with Gasteiger partial charge in [0.25, 0.3) is 5.56 Å². The highest BCUT2D eigenvalue weighted by molar-refractivity contribution is 5.36. The number of pyridine rings is 2. The molecule has 7 heteroatoms. The summed E-state index contributed by atoms with van der Waals surface area (Å²) in [4.78, 5) is 15.6. The Morgan fingerprint density at radius 1 is 1.30 bits per heavy atom. The van der Waals surface area contributed by atoms with Crippen molar-refractivity contribution in [3.63, 3.8) is 0 Å². The molecule has 0 amide bonds. The maximum Gasteiger partial charge on any atom is 0.431 e. The predicted octanol–water partition coefficient (Wildman–Crippen LogP) is 2.35. The number of nitrogens with zero attached hydrogens (tertiary/aromatic N) is 2. The van der Waals surface area contributed by atoms with E-state index in [1.165, 1.54) is 6.20 Å². The van der Waals surface area contributed by atoms with Gasteiger partial charge < -0.3 is 5.32 Å². The first-order valence-electron chi connectivity index (χ1n) is 5.81. The molecule has 4 nitrogen and oxygen atoms in total. The van der Waals surface area contributed by atoms with Crippen molar-refractivity contribution in [2.45, 2.75) is 12.7 Å². The van der Waals surface area contributed by atoms with E-state index in [0.717, 1.165) is 18.2 Å². The van der Waals surface area contributed by atoms with Crippen molar-refractivity contribution in [1.29, 1.82) is 0 Å². The molecule has 0 aromatic carbocycles.